The lowest BCUT2D eigenvalue weighted by atomic mass is 9.98. The van der Waals surface area contributed by atoms with Crippen LogP contribution in [-0.4, -0.2) is 0 Å². The van der Waals surface area contributed by atoms with Gasteiger partial charge < -0.3 is 4.74 Å². The van der Waals surface area contributed by atoms with E-state index in [1.807, 2.05) is 42.5 Å². The number of rotatable bonds is 3. The van der Waals surface area contributed by atoms with Gasteiger partial charge in [-0.3, -0.25) is 0 Å². The average molecular weight is 291 g/mol. The minimum atomic E-state index is -0.331. The zero-order valence-corrected chi connectivity index (χ0v) is 11.6. The molecule has 0 aromatic heterocycles. The van der Waals surface area contributed by atoms with Crippen molar-refractivity contribution in [1.29, 1.82) is 0 Å². The highest BCUT2D eigenvalue weighted by Crippen LogP contribution is 2.28. The van der Waals surface area contributed by atoms with Crippen LogP contribution in [0.2, 0.25) is 0 Å². The smallest absolute Gasteiger partial charge is 0.128 e. The standard InChI is InChI=1S/C15H15BrO/c1-15(2,12-8-10-13(16)11-9-12)17-14-6-4-3-5-7-14/h3-11H,1-2H3. The second-order valence-electron chi connectivity index (χ2n) is 4.43. The first-order chi connectivity index (χ1) is 8.08. The first-order valence-electron chi connectivity index (χ1n) is 5.58. The van der Waals surface area contributed by atoms with Crippen molar-refractivity contribution in [3.63, 3.8) is 0 Å². The molecule has 0 bridgehead atoms. The molecule has 0 saturated heterocycles. The number of hydrogen-bond donors (Lipinski definition) is 0. The van der Waals surface area contributed by atoms with Crippen molar-refractivity contribution in [2.75, 3.05) is 0 Å². The van der Waals surface area contributed by atoms with Gasteiger partial charge in [0.05, 0.1) is 0 Å². The van der Waals surface area contributed by atoms with Gasteiger partial charge in [-0.1, -0.05) is 46.3 Å². The van der Waals surface area contributed by atoms with E-state index in [4.69, 9.17) is 4.74 Å². The van der Waals surface area contributed by atoms with Crippen LogP contribution in [0.1, 0.15) is 19.4 Å². The highest BCUT2D eigenvalue weighted by Gasteiger charge is 2.22. The third kappa shape index (κ3) is 3.10. The van der Waals surface area contributed by atoms with Crippen LogP contribution in [-0.2, 0) is 5.60 Å². The van der Waals surface area contributed by atoms with E-state index in [-0.39, 0.29) is 5.60 Å². The number of ether oxygens (including phenoxy) is 1. The summed E-state index contributed by atoms with van der Waals surface area (Å²) in [7, 11) is 0. The Balaban J connectivity index is 2.21. The molecule has 0 unspecified atom stereocenters. The Morgan fingerprint density at radius 1 is 0.882 bits per heavy atom. The molecule has 1 nitrogen and oxygen atoms in total. The van der Waals surface area contributed by atoms with Gasteiger partial charge in [-0.2, -0.15) is 0 Å². The summed E-state index contributed by atoms with van der Waals surface area (Å²) in [5.74, 6) is 0.889. The van der Waals surface area contributed by atoms with Crippen LogP contribution in [0.5, 0.6) is 5.75 Å². The van der Waals surface area contributed by atoms with Crippen LogP contribution in [0.3, 0.4) is 0 Å². The molecule has 2 rings (SSSR count). The molecule has 0 spiro atoms. The van der Waals surface area contributed by atoms with Gasteiger partial charge in [-0.25, -0.2) is 0 Å². The number of halogens is 1. The normalized spacial score (nSPS) is 11.2. The maximum atomic E-state index is 6.01. The predicted molar refractivity (Wildman–Crippen MR) is 74.2 cm³/mol. The van der Waals surface area contributed by atoms with Gasteiger partial charge >= 0.3 is 0 Å². The summed E-state index contributed by atoms with van der Waals surface area (Å²) in [4.78, 5) is 0. The van der Waals surface area contributed by atoms with E-state index in [9.17, 15) is 0 Å². The molecule has 2 aromatic rings. The summed E-state index contributed by atoms with van der Waals surface area (Å²) in [5, 5.41) is 0. The second kappa shape index (κ2) is 4.92. The molecule has 0 N–H and O–H groups in total. The van der Waals surface area contributed by atoms with E-state index in [1.54, 1.807) is 0 Å². The Kier molecular flexibility index (Phi) is 3.53. The number of benzene rings is 2. The summed E-state index contributed by atoms with van der Waals surface area (Å²) >= 11 is 3.44. The summed E-state index contributed by atoms with van der Waals surface area (Å²) in [6.07, 6.45) is 0. The highest BCUT2D eigenvalue weighted by molar-refractivity contribution is 9.10. The lowest BCUT2D eigenvalue weighted by molar-refractivity contribution is 0.109. The fraction of sp³-hybridized carbons (Fsp3) is 0.200. The van der Waals surface area contributed by atoms with Crippen molar-refractivity contribution in [3.8, 4) is 5.75 Å². The SMILES string of the molecule is CC(C)(Oc1ccccc1)c1ccc(Br)cc1. The predicted octanol–water partition coefficient (Wildman–Crippen LogP) is 4.76. The molecule has 0 radical (unpaired) electrons. The molecule has 0 atom stereocenters. The van der Waals surface area contributed by atoms with Crippen LogP contribution < -0.4 is 4.74 Å². The molecule has 0 aliphatic heterocycles. The van der Waals surface area contributed by atoms with E-state index in [1.165, 1.54) is 0 Å². The summed E-state index contributed by atoms with van der Waals surface area (Å²) < 4.78 is 7.09. The fourth-order valence-electron chi connectivity index (χ4n) is 1.69. The van der Waals surface area contributed by atoms with Crippen LogP contribution in [0.4, 0.5) is 0 Å². The lowest BCUT2D eigenvalue weighted by Crippen LogP contribution is -2.25. The van der Waals surface area contributed by atoms with Crippen molar-refractivity contribution in [2.24, 2.45) is 0 Å². The van der Waals surface area contributed by atoms with Gasteiger partial charge in [-0.15, -0.1) is 0 Å². The molecular weight excluding hydrogens is 276 g/mol. The monoisotopic (exact) mass is 290 g/mol. The average Bonchev–Trinajstić information content (AvgIpc) is 2.30. The minimum absolute atomic E-state index is 0.331. The van der Waals surface area contributed by atoms with Gasteiger partial charge in [0.1, 0.15) is 11.4 Å². The minimum Gasteiger partial charge on any atom is -0.483 e. The van der Waals surface area contributed by atoms with Crippen LogP contribution in [0, 0.1) is 0 Å². The topological polar surface area (TPSA) is 9.23 Å². The molecule has 17 heavy (non-hydrogen) atoms. The molecule has 0 fully saturated rings. The lowest BCUT2D eigenvalue weighted by Gasteiger charge is -2.27. The zero-order chi connectivity index (χ0) is 12.3. The molecule has 2 aromatic carbocycles. The van der Waals surface area contributed by atoms with Crippen molar-refractivity contribution in [2.45, 2.75) is 19.4 Å². The van der Waals surface area contributed by atoms with E-state index in [0.717, 1.165) is 15.8 Å². The second-order valence-corrected chi connectivity index (χ2v) is 5.35. The van der Waals surface area contributed by atoms with E-state index in [2.05, 4.69) is 41.9 Å². The molecule has 88 valence electrons. The Morgan fingerprint density at radius 3 is 2.06 bits per heavy atom. The van der Waals surface area contributed by atoms with E-state index < -0.39 is 0 Å². The maximum Gasteiger partial charge on any atom is 0.128 e. The quantitative estimate of drug-likeness (QED) is 0.792. The van der Waals surface area contributed by atoms with Gasteiger partial charge in [0, 0.05) is 4.47 Å². The van der Waals surface area contributed by atoms with E-state index in [0.29, 0.717) is 0 Å². The maximum absolute atomic E-state index is 6.01. The Bertz CT molecular complexity index is 474. The number of hydrogen-bond acceptors (Lipinski definition) is 1. The van der Waals surface area contributed by atoms with Crippen molar-refractivity contribution >= 4 is 15.9 Å². The Morgan fingerprint density at radius 2 is 1.47 bits per heavy atom. The van der Waals surface area contributed by atoms with Crippen LogP contribution in [0.15, 0.2) is 59.1 Å². The van der Waals surface area contributed by atoms with Crippen LogP contribution >= 0.6 is 15.9 Å². The Hall–Kier alpha value is -1.28. The van der Waals surface area contributed by atoms with Crippen LogP contribution in [0.25, 0.3) is 0 Å². The van der Waals surface area contributed by atoms with Crippen molar-refractivity contribution in [1.82, 2.24) is 0 Å². The van der Waals surface area contributed by atoms with Crippen molar-refractivity contribution < 1.29 is 4.74 Å². The molecule has 0 heterocycles. The van der Waals surface area contributed by atoms with Gasteiger partial charge in [0.15, 0.2) is 0 Å². The molecule has 0 amide bonds. The molecular formula is C15H15BrO. The summed E-state index contributed by atoms with van der Waals surface area (Å²) in [6, 6.07) is 18.1. The highest BCUT2D eigenvalue weighted by atomic mass is 79.9. The third-order valence-electron chi connectivity index (χ3n) is 2.66. The molecule has 0 aliphatic carbocycles. The zero-order valence-electron chi connectivity index (χ0n) is 9.98. The third-order valence-corrected chi connectivity index (χ3v) is 3.18. The van der Waals surface area contributed by atoms with E-state index >= 15 is 0 Å². The Labute approximate surface area is 111 Å². The van der Waals surface area contributed by atoms with Gasteiger partial charge in [0.2, 0.25) is 0 Å². The molecule has 0 aliphatic rings. The molecule has 0 saturated carbocycles. The molecule has 2 heteroatoms. The van der Waals surface area contributed by atoms with Crippen molar-refractivity contribution in [3.05, 3.63) is 64.6 Å². The summed E-state index contributed by atoms with van der Waals surface area (Å²) in [5.41, 5.74) is 0.826. The number of para-hydroxylation sites is 1. The largest absolute Gasteiger partial charge is 0.483 e. The summed E-state index contributed by atoms with van der Waals surface area (Å²) in [6.45, 7) is 4.15. The fourth-order valence-corrected chi connectivity index (χ4v) is 1.96. The first-order valence-corrected chi connectivity index (χ1v) is 6.37. The van der Waals surface area contributed by atoms with Gasteiger partial charge in [-0.05, 0) is 43.7 Å². The van der Waals surface area contributed by atoms with Gasteiger partial charge in [0.25, 0.3) is 0 Å². The first kappa shape index (κ1) is 12.2.